The average molecular weight is 275 g/mol. The molecule has 0 aromatic heterocycles. The van der Waals surface area contributed by atoms with Crippen LogP contribution in [-0.2, 0) is 0 Å². The third-order valence-electron chi connectivity index (χ3n) is 4.66. The summed E-state index contributed by atoms with van der Waals surface area (Å²) >= 11 is 5.18. The molecule has 19 heavy (non-hydrogen) atoms. The summed E-state index contributed by atoms with van der Waals surface area (Å²) in [5.74, 6) is 0. The topological polar surface area (TPSA) is 32.5 Å². The van der Waals surface area contributed by atoms with Crippen LogP contribution in [0.3, 0.4) is 0 Å². The van der Waals surface area contributed by atoms with Crippen molar-refractivity contribution in [2.45, 2.75) is 31.3 Å². The highest BCUT2D eigenvalue weighted by molar-refractivity contribution is 7.80. The van der Waals surface area contributed by atoms with Crippen molar-refractivity contribution in [1.29, 1.82) is 0 Å². The number of benzene rings is 1. The van der Waals surface area contributed by atoms with E-state index in [1.54, 1.807) is 0 Å². The van der Waals surface area contributed by atoms with Crippen molar-refractivity contribution in [1.82, 2.24) is 4.90 Å². The third-order valence-corrected chi connectivity index (χ3v) is 4.88. The fourth-order valence-corrected chi connectivity index (χ4v) is 3.66. The highest BCUT2D eigenvalue weighted by Crippen LogP contribution is 2.31. The fourth-order valence-electron chi connectivity index (χ4n) is 3.49. The summed E-state index contributed by atoms with van der Waals surface area (Å²) < 4.78 is 0. The summed E-state index contributed by atoms with van der Waals surface area (Å²) in [5, 5.41) is 0. The van der Waals surface area contributed by atoms with Crippen LogP contribution in [0.2, 0.25) is 0 Å². The Morgan fingerprint density at radius 3 is 2.74 bits per heavy atom. The maximum atomic E-state index is 5.86. The molecule has 0 radical (unpaired) electrons. The lowest BCUT2D eigenvalue weighted by Crippen LogP contribution is -2.37. The third kappa shape index (κ3) is 2.35. The van der Waals surface area contributed by atoms with Crippen LogP contribution in [0.1, 0.15) is 24.8 Å². The summed E-state index contributed by atoms with van der Waals surface area (Å²) in [5.41, 5.74) is 8.07. The Kier molecular flexibility index (Phi) is 3.46. The number of thiocarbonyl (C=S) groups is 1. The molecule has 4 heteroatoms. The molecule has 3 nitrogen and oxygen atoms in total. The molecule has 2 aliphatic heterocycles. The van der Waals surface area contributed by atoms with Gasteiger partial charge in [-0.05, 0) is 38.4 Å². The molecule has 0 saturated carbocycles. The van der Waals surface area contributed by atoms with E-state index in [2.05, 4.69) is 29.0 Å². The van der Waals surface area contributed by atoms with Crippen molar-refractivity contribution >= 4 is 22.9 Å². The van der Waals surface area contributed by atoms with Gasteiger partial charge in [0.15, 0.2) is 0 Å². The molecule has 3 rings (SSSR count). The van der Waals surface area contributed by atoms with E-state index in [0.29, 0.717) is 11.0 Å². The molecule has 0 amide bonds. The number of para-hydroxylation sites is 1. The summed E-state index contributed by atoms with van der Waals surface area (Å²) in [6.07, 6.45) is 3.90. The molecule has 2 fully saturated rings. The Morgan fingerprint density at radius 1 is 1.21 bits per heavy atom. The molecule has 2 aliphatic rings. The van der Waals surface area contributed by atoms with Crippen molar-refractivity contribution in [3.05, 3.63) is 29.8 Å². The van der Waals surface area contributed by atoms with Gasteiger partial charge in [0.1, 0.15) is 4.99 Å². The van der Waals surface area contributed by atoms with Crippen molar-refractivity contribution in [2.24, 2.45) is 5.73 Å². The number of hydrogen-bond acceptors (Lipinski definition) is 3. The molecule has 2 unspecified atom stereocenters. The van der Waals surface area contributed by atoms with E-state index in [-0.39, 0.29) is 0 Å². The van der Waals surface area contributed by atoms with Gasteiger partial charge >= 0.3 is 0 Å². The maximum Gasteiger partial charge on any atom is 0.106 e. The zero-order chi connectivity index (χ0) is 13.4. The number of hydrogen-bond donors (Lipinski definition) is 1. The number of anilines is 1. The number of nitrogens with zero attached hydrogens (tertiary/aromatic N) is 2. The minimum Gasteiger partial charge on any atom is -0.389 e. The van der Waals surface area contributed by atoms with Gasteiger partial charge in [0.05, 0.1) is 0 Å². The first kappa shape index (κ1) is 12.9. The molecule has 0 aliphatic carbocycles. The zero-order valence-electron chi connectivity index (χ0n) is 11.4. The molecular formula is C15H21N3S. The van der Waals surface area contributed by atoms with Crippen molar-refractivity contribution in [3.8, 4) is 0 Å². The molecule has 2 saturated heterocycles. The first-order valence-electron chi connectivity index (χ1n) is 7.02. The van der Waals surface area contributed by atoms with E-state index < -0.39 is 0 Å². The normalized spacial score (nSPS) is 27.3. The SMILES string of the molecule is CN1C2CCC1CN(c1ccccc1C(N)=S)CC2. The van der Waals surface area contributed by atoms with E-state index in [0.717, 1.165) is 24.7 Å². The van der Waals surface area contributed by atoms with Crippen LogP contribution in [0.25, 0.3) is 0 Å². The van der Waals surface area contributed by atoms with E-state index in [1.807, 2.05) is 12.1 Å². The van der Waals surface area contributed by atoms with Gasteiger partial charge in [-0.1, -0.05) is 24.4 Å². The Bertz CT molecular complexity index is 488. The van der Waals surface area contributed by atoms with Gasteiger partial charge in [-0.25, -0.2) is 0 Å². The van der Waals surface area contributed by atoms with Gasteiger partial charge in [-0.2, -0.15) is 0 Å². The maximum absolute atomic E-state index is 5.86. The number of fused-ring (bicyclic) bond motifs is 2. The summed E-state index contributed by atoms with van der Waals surface area (Å²) in [7, 11) is 2.27. The minimum absolute atomic E-state index is 0.498. The van der Waals surface area contributed by atoms with Gasteiger partial charge in [0.25, 0.3) is 0 Å². The second kappa shape index (κ2) is 5.10. The van der Waals surface area contributed by atoms with Gasteiger partial charge in [-0.3, -0.25) is 4.90 Å². The Morgan fingerprint density at radius 2 is 1.95 bits per heavy atom. The predicted octanol–water partition coefficient (Wildman–Crippen LogP) is 1.99. The average Bonchev–Trinajstić information content (AvgIpc) is 2.63. The zero-order valence-corrected chi connectivity index (χ0v) is 12.2. The van der Waals surface area contributed by atoms with Gasteiger partial charge in [-0.15, -0.1) is 0 Å². The van der Waals surface area contributed by atoms with Crippen LogP contribution in [0.15, 0.2) is 24.3 Å². The molecule has 102 valence electrons. The number of nitrogens with two attached hydrogens (primary N) is 1. The van der Waals surface area contributed by atoms with Crippen LogP contribution in [0, 0.1) is 0 Å². The van der Waals surface area contributed by atoms with Crippen LogP contribution < -0.4 is 10.6 Å². The predicted molar refractivity (Wildman–Crippen MR) is 83.7 cm³/mol. The molecule has 2 N–H and O–H groups in total. The molecule has 2 heterocycles. The molecular weight excluding hydrogens is 254 g/mol. The van der Waals surface area contributed by atoms with Crippen molar-refractivity contribution in [3.63, 3.8) is 0 Å². The molecule has 2 bridgehead atoms. The lowest BCUT2D eigenvalue weighted by atomic mass is 10.1. The van der Waals surface area contributed by atoms with E-state index in [1.165, 1.54) is 24.9 Å². The van der Waals surface area contributed by atoms with Crippen molar-refractivity contribution < 1.29 is 0 Å². The van der Waals surface area contributed by atoms with Crippen LogP contribution in [0.4, 0.5) is 5.69 Å². The number of rotatable bonds is 2. The fraction of sp³-hybridized carbons (Fsp3) is 0.533. The van der Waals surface area contributed by atoms with Gasteiger partial charge in [0.2, 0.25) is 0 Å². The van der Waals surface area contributed by atoms with E-state index in [4.69, 9.17) is 18.0 Å². The van der Waals surface area contributed by atoms with Gasteiger partial charge in [0, 0.05) is 36.4 Å². The lowest BCUT2D eigenvalue weighted by Gasteiger charge is -2.29. The Hall–Kier alpha value is -1.13. The lowest BCUT2D eigenvalue weighted by molar-refractivity contribution is 0.254. The summed E-state index contributed by atoms with van der Waals surface area (Å²) in [6, 6.07) is 9.69. The first-order chi connectivity index (χ1) is 9.16. The van der Waals surface area contributed by atoms with Crippen molar-refractivity contribution in [2.75, 3.05) is 25.0 Å². The monoisotopic (exact) mass is 275 g/mol. The van der Waals surface area contributed by atoms with Crippen LogP contribution in [0.5, 0.6) is 0 Å². The molecule has 0 spiro atoms. The van der Waals surface area contributed by atoms with E-state index >= 15 is 0 Å². The summed E-state index contributed by atoms with van der Waals surface area (Å²) in [4.78, 5) is 5.52. The Labute approximate surface area is 120 Å². The number of likely N-dealkylation sites (N-methyl/N-ethyl adjacent to an activating group) is 1. The second-order valence-corrected chi connectivity index (χ2v) is 6.11. The smallest absolute Gasteiger partial charge is 0.106 e. The van der Waals surface area contributed by atoms with E-state index in [9.17, 15) is 0 Å². The molecule has 1 aromatic carbocycles. The minimum atomic E-state index is 0.498. The van der Waals surface area contributed by atoms with Crippen LogP contribution >= 0.6 is 12.2 Å². The second-order valence-electron chi connectivity index (χ2n) is 5.67. The van der Waals surface area contributed by atoms with Gasteiger partial charge < -0.3 is 10.6 Å². The largest absolute Gasteiger partial charge is 0.389 e. The molecule has 2 atom stereocenters. The Balaban J connectivity index is 1.89. The standard InChI is InChI=1S/C15H21N3S/c1-17-11-6-7-12(17)10-18(9-8-11)14-5-3-2-4-13(14)15(16)19/h2-5,11-12H,6-10H2,1H3,(H2,16,19). The molecule has 1 aromatic rings. The quantitative estimate of drug-likeness (QED) is 0.837. The first-order valence-corrected chi connectivity index (χ1v) is 7.43. The van der Waals surface area contributed by atoms with Crippen LogP contribution in [-0.4, -0.2) is 42.1 Å². The highest BCUT2D eigenvalue weighted by atomic mass is 32.1. The highest BCUT2D eigenvalue weighted by Gasteiger charge is 2.35. The summed E-state index contributed by atoms with van der Waals surface area (Å²) in [6.45, 7) is 2.19.